The minimum atomic E-state index is -0.0973. The minimum Gasteiger partial charge on any atom is -0.396 e. The molecule has 0 aromatic heterocycles. The zero-order chi connectivity index (χ0) is 10.8. The van der Waals surface area contributed by atoms with Crippen LogP contribution in [0.15, 0.2) is 0 Å². The van der Waals surface area contributed by atoms with Crippen LogP contribution in [0.5, 0.6) is 0 Å². The summed E-state index contributed by atoms with van der Waals surface area (Å²) in [7, 11) is 1.62. The molecule has 0 aromatic rings. The minimum absolute atomic E-state index is 0.0973. The highest BCUT2D eigenvalue weighted by atomic mass is 31.1. The van der Waals surface area contributed by atoms with Crippen LogP contribution in [0.25, 0.3) is 0 Å². The first kappa shape index (κ1) is 14.3. The van der Waals surface area contributed by atoms with Gasteiger partial charge in [-0.3, -0.25) is 0 Å². The molecule has 0 saturated carbocycles. The first-order chi connectivity index (χ1) is 6.70. The lowest BCUT2D eigenvalue weighted by molar-refractivity contribution is 0.0914. The summed E-state index contributed by atoms with van der Waals surface area (Å²) in [5.41, 5.74) is 0. The van der Waals surface area contributed by atoms with Gasteiger partial charge in [-0.1, -0.05) is 7.92 Å². The van der Waals surface area contributed by atoms with Gasteiger partial charge in [0.1, 0.15) is 0 Å². The van der Waals surface area contributed by atoms with Crippen LogP contribution < -0.4 is 0 Å². The molecule has 0 spiro atoms. The van der Waals surface area contributed by atoms with E-state index in [2.05, 4.69) is 0 Å². The molecule has 0 rings (SSSR count). The van der Waals surface area contributed by atoms with E-state index in [0.29, 0.717) is 6.10 Å². The Morgan fingerprint density at radius 1 is 1.14 bits per heavy atom. The number of aliphatic hydroxyl groups is 1. The van der Waals surface area contributed by atoms with E-state index in [0.717, 1.165) is 31.7 Å². The Morgan fingerprint density at radius 3 is 2.29 bits per heavy atom. The largest absolute Gasteiger partial charge is 0.396 e. The molecule has 14 heavy (non-hydrogen) atoms. The van der Waals surface area contributed by atoms with Crippen LogP contribution in [0, 0.1) is 0 Å². The molecule has 0 aliphatic rings. The highest BCUT2D eigenvalue weighted by Crippen LogP contribution is 2.33. The van der Waals surface area contributed by atoms with E-state index in [1.54, 1.807) is 7.11 Å². The molecule has 0 bridgehead atoms. The molecule has 3 nitrogen and oxygen atoms in total. The average molecular weight is 222 g/mol. The lowest BCUT2D eigenvalue weighted by atomic mass is 10.5. The predicted molar refractivity (Wildman–Crippen MR) is 61.6 cm³/mol. The summed E-state index contributed by atoms with van der Waals surface area (Å²) in [6.45, 7) is 5.99. The van der Waals surface area contributed by atoms with E-state index in [1.807, 2.05) is 13.8 Å². The summed E-state index contributed by atoms with van der Waals surface area (Å²) in [6, 6.07) is 0. The summed E-state index contributed by atoms with van der Waals surface area (Å²) in [4.78, 5) is 0. The molecule has 0 aromatic carbocycles. The van der Waals surface area contributed by atoms with Crippen LogP contribution in [0.1, 0.15) is 13.8 Å². The van der Waals surface area contributed by atoms with E-state index in [-0.39, 0.29) is 14.5 Å². The van der Waals surface area contributed by atoms with Gasteiger partial charge in [0.25, 0.3) is 0 Å². The summed E-state index contributed by atoms with van der Waals surface area (Å²) in [5.74, 6) is 0. The maximum Gasteiger partial charge on any atom is 0.0519 e. The van der Waals surface area contributed by atoms with Gasteiger partial charge in [0.2, 0.25) is 0 Å². The van der Waals surface area contributed by atoms with E-state index >= 15 is 0 Å². The van der Waals surface area contributed by atoms with Gasteiger partial charge in [0, 0.05) is 13.7 Å². The van der Waals surface area contributed by atoms with Crippen molar-refractivity contribution in [1.82, 2.24) is 0 Å². The predicted octanol–water partition coefficient (Wildman–Crippen LogP) is 1.53. The number of aliphatic hydroxyl groups excluding tert-OH is 1. The fourth-order valence-electron chi connectivity index (χ4n) is 1.11. The Balaban J connectivity index is 3.50. The van der Waals surface area contributed by atoms with Gasteiger partial charge in [-0.2, -0.15) is 0 Å². The Labute approximate surface area is 88.5 Å². The molecule has 0 aliphatic heterocycles. The molecule has 4 heteroatoms. The highest BCUT2D eigenvalue weighted by Gasteiger charge is 2.07. The Kier molecular flexibility index (Phi) is 10.1. The van der Waals surface area contributed by atoms with Crippen molar-refractivity contribution in [3.05, 3.63) is 0 Å². The first-order valence-corrected chi connectivity index (χ1v) is 7.04. The Bertz CT molecular complexity index is 120. The van der Waals surface area contributed by atoms with Gasteiger partial charge >= 0.3 is 0 Å². The molecule has 0 aliphatic carbocycles. The quantitative estimate of drug-likeness (QED) is 0.601. The summed E-state index contributed by atoms with van der Waals surface area (Å²) in [5, 5.41) is 8.88. The molecular formula is C10H23O3P. The van der Waals surface area contributed by atoms with Gasteiger partial charge in [-0.25, -0.2) is 0 Å². The third-order valence-electron chi connectivity index (χ3n) is 1.89. The van der Waals surface area contributed by atoms with Gasteiger partial charge in [0.15, 0.2) is 0 Å². The normalized spacial score (nSPS) is 13.5. The maximum absolute atomic E-state index is 8.88. The number of ether oxygens (including phenoxy) is 2. The van der Waals surface area contributed by atoms with Crippen molar-refractivity contribution in [3.63, 3.8) is 0 Å². The van der Waals surface area contributed by atoms with Crippen molar-refractivity contribution >= 4 is 7.92 Å². The fourth-order valence-corrected chi connectivity index (χ4v) is 2.87. The number of hydrogen-bond acceptors (Lipinski definition) is 3. The van der Waals surface area contributed by atoms with Crippen molar-refractivity contribution in [2.75, 3.05) is 45.4 Å². The van der Waals surface area contributed by atoms with Crippen LogP contribution in [-0.4, -0.2) is 56.6 Å². The van der Waals surface area contributed by atoms with Gasteiger partial charge in [-0.15, -0.1) is 0 Å². The summed E-state index contributed by atoms with van der Waals surface area (Å²) in [6.07, 6.45) is 3.38. The SMILES string of the molecule is COCCP(CCO)CCOC(C)C. The average Bonchev–Trinajstić information content (AvgIpc) is 2.13. The molecule has 0 heterocycles. The highest BCUT2D eigenvalue weighted by molar-refractivity contribution is 7.57. The van der Waals surface area contributed by atoms with E-state index in [1.165, 1.54) is 0 Å². The summed E-state index contributed by atoms with van der Waals surface area (Å²) >= 11 is 0. The standard InChI is InChI=1S/C10H23O3P/c1-10(2)13-6-9-14(7-4-11)8-5-12-3/h10-11H,4-9H2,1-3H3. The second-order valence-corrected chi connectivity index (χ2v) is 6.16. The van der Waals surface area contributed by atoms with E-state index in [9.17, 15) is 0 Å². The van der Waals surface area contributed by atoms with Crippen molar-refractivity contribution in [2.24, 2.45) is 0 Å². The third-order valence-corrected chi connectivity index (χ3v) is 4.35. The van der Waals surface area contributed by atoms with E-state index in [4.69, 9.17) is 14.6 Å². The molecule has 0 radical (unpaired) electrons. The molecule has 1 atom stereocenters. The zero-order valence-electron chi connectivity index (χ0n) is 9.53. The maximum atomic E-state index is 8.88. The zero-order valence-corrected chi connectivity index (χ0v) is 10.4. The van der Waals surface area contributed by atoms with Gasteiger partial charge < -0.3 is 14.6 Å². The van der Waals surface area contributed by atoms with Crippen molar-refractivity contribution < 1.29 is 14.6 Å². The monoisotopic (exact) mass is 222 g/mol. The van der Waals surface area contributed by atoms with Crippen LogP contribution in [0.3, 0.4) is 0 Å². The molecule has 1 N–H and O–H groups in total. The number of rotatable bonds is 9. The lowest BCUT2D eigenvalue weighted by Gasteiger charge is -2.17. The van der Waals surface area contributed by atoms with Crippen LogP contribution in [0.4, 0.5) is 0 Å². The van der Waals surface area contributed by atoms with Crippen molar-refractivity contribution in [1.29, 1.82) is 0 Å². The second-order valence-electron chi connectivity index (χ2n) is 3.48. The topological polar surface area (TPSA) is 38.7 Å². The fraction of sp³-hybridized carbons (Fsp3) is 1.00. The number of methoxy groups -OCH3 is 1. The van der Waals surface area contributed by atoms with Crippen LogP contribution >= 0.6 is 7.92 Å². The van der Waals surface area contributed by atoms with Crippen LogP contribution in [-0.2, 0) is 9.47 Å². The van der Waals surface area contributed by atoms with Gasteiger partial charge in [0.05, 0.1) is 19.3 Å². The van der Waals surface area contributed by atoms with E-state index < -0.39 is 0 Å². The lowest BCUT2D eigenvalue weighted by Crippen LogP contribution is -2.10. The van der Waals surface area contributed by atoms with Crippen molar-refractivity contribution in [2.45, 2.75) is 20.0 Å². The Hall–Kier alpha value is 0.310. The summed E-state index contributed by atoms with van der Waals surface area (Å²) < 4.78 is 10.5. The Morgan fingerprint density at radius 2 is 1.79 bits per heavy atom. The van der Waals surface area contributed by atoms with Gasteiger partial charge in [-0.05, 0) is 32.3 Å². The molecule has 0 fully saturated rings. The van der Waals surface area contributed by atoms with Crippen molar-refractivity contribution in [3.8, 4) is 0 Å². The molecular weight excluding hydrogens is 199 g/mol. The third kappa shape index (κ3) is 8.89. The smallest absolute Gasteiger partial charge is 0.0519 e. The molecule has 0 amide bonds. The molecule has 1 unspecified atom stereocenters. The number of hydrogen-bond donors (Lipinski definition) is 1. The molecule has 86 valence electrons. The van der Waals surface area contributed by atoms with Crippen LogP contribution in [0.2, 0.25) is 0 Å². The molecule has 0 saturated heterocycles. The second kappa shape index (κ2) is 9.85. The first-order valence-electron chi connectivity index (χ1n) is 5.14.